The summed E-state index contributed by atoms with van der Waals surface area (Å²) in [6, 6.07) is 10.2. The number of hydrogen-bond donors (Lipinski definition) is 2. The molecule has 3 heterocycles. The van der Waals surface area contributed by atoms with Crippen LogP contribution in [0.4, 0.5) is 0 Å². The number of unbranched alkanes of at least 4 members (excludes halogenated alkanes) is 1. The molecule has 0 aliphatic carbocycles. The van der Waals surface area contributed by atoms with Crippen molar-refractivity contribution in [3.8, 4) is 0 Å². The fourth-order valence-electron chi connectivity index (χ4n) is 5.95. The first kappa shape index (κ1) is 25.4. The first-order valence-corrected chi connectivity index (χ1v) is 13.2. The Balaban J connectivity index is 1.62. The van der Waals surface area contributed by atoms with E-state index in [0.29, 0.717) is 31.7 Å². The number of H-pyrrole nitrogens is 1. The number of amides is 2. The minimum atomic E-state index is -0.752. The molecule has 0 bridgehead atoms. The Morgan fingerprint density at radius 3 is 2.37 bits per heavy atom. The van der Waals surface area contributed by atoms with Crippen molar-refractivity contribution in [2.75, 3.05) is 19.6 Å². The van der Waals surface area contributed by atoms with Gasteiger partial charge in [-0.25, -0.2) is 0 Å². The predicted octanol–water partition coefficient (Wildman–Crippen LogP) is 4.12. The molecule has 7 nitrogen and oxygen atoms in total. The molecule has 7 heteroatoms. The number of piperazine rings is 1. The molecule has 1 spiro atoms. The van der Waals surface area contributed by atoms with Crippen LogP contribution in [-0.2, 0) is 9.59 Å². The summed E-state index contributed by atoms with van der Waals surface area (Å²) >= 11 is 0. The Labute approximate surface area is 209 Å². The van der Waals surface area contributed by atoms with Crippen LogP contribution in [-0.4, -0.2) is 63.0 Å². The maximum atomic E-state index is 13.6. The number of nitrogens with zero attached hydrogens (tertiary/aromatic N) is 3. The monoisotopic (exact) mass is 479 g/mol. The lowest BCUT2D eigenvalue weighted by Crippen LogP contribution is -2.73. The van der Waals surface area contributed by atoms with E-state index in [1.165, 1.54) is 11.1 Å². The third kappa shape index (κ3) is 4.88. The van der Waals surface area contributed by atoms with Crippen molar-refractivity contribution in [3.05, 3.63) is 52.8 Å². The minimum Gasteiger partial charge on any atom is -0.342 e. The first-order valence-electron chi connectivity index (χ1n) is 13.2. The second kappa shape index (κ2) is 10.5. The lowest BCUT2D eigenvalue weighted by molar-refractivity contribution is -0.162. The number of carbonyl (C=O) groups is 2. The van der Waals surface area contributed by atoms with Gasteiger partial charge in [-0.1, -0.05) is 57.5 Å². The van der Waals surface area contributed by atoms with Crippen molar-refractivity contribution >= 4 is 11.8 Å². The van der Waals surface area contributed by atoms with Crippen molar-refractivity contribution in [1.82, 2.24) is 25.3 Å². The van der Waals surface area contributed by atoms with E-state index in [1.54, 1.807) is 0 Å². The maximum Gasteiger partial charge on any atom is 0.246 e. The van der Waals surface area contributed by atoms with Gasteiger partial charge in [0.15, 0.2) is 0 Å². The fourth-order valence-corrected chi connectivity index (χ4v) is 5.95. The average molecular weight is 480 g/mol. The van der Waals surface area contributed by atoms with Crippen LogP contribution in [0.2, 0.25) is 0 Å². The van der Waals surface area contributed by atoms with E-state index < -0.39 is 11.6 Å². The summed E-state index contributed by atoms with van der Waals surface area (Å²) in [6.45, 7) is 12.6. The molecule has 2 aromatic rings. The van der Waals surface area contributed by atoms with Crippen molar-refractivity contribution in [1.29, 1.82) is 0 Å². The van der Waals surface area contributed by atoms with Gasteiger partial charge in [0.2, 0.25) is 11.8 Å². The van der Waals surface area contributed by atoms with Crippen LogP contribution in [0.3, 0.4) is 0 Å². The van der Waals surface area contributed by atoms with Gasteiger partial charge in [0, 0.05) is 30.9 Å². The zero-order chi connectivity index (χ0) is 25.2. The van der Waals surface area contributed by atoms with E-state index in [1.807, 2.05) is 11.0 Å². The van der Waals surface area contributed by atoms with Crippen LogP contribution >= 0.6 is 0 Å². The van der Waals surface area contributed by atoms with Crippen LogP contribution < -0.4 is 5.32 Å². The van der Waals surface area contributed by atoms with E-state index in [9.17, 15) is 9.59 Å². The van der Waals surface area contributed by atoms with E-state index in [0.717, 1.165) is 37.3 Å². The number of aromatic nitrogens is 2. The number of carbonyl (C=O) groups excluding carboxylic acids is 2. The third-order valence-electron chi connectivity index (χ3n) is 7.82. The molecule has 190 valence electrons. The van der Waals surface area contributed by atoms with Gasteiger partial charge >= 0.3 is 0 Å². The van der Waals surface area contributed by atoms with E-state index in [-0.39, 0.29) is 17.9 Å². The molecule has 4 rings (SSSR count). The standard InChI is InChI=1S/C28H41N5O2/c1-6-7-15-33-26(34)23(18-19(2)3)29-27(35)28(33)13-16-32(17-14-28)25(22-11-9-8-10-12-22)24-20(4)30-31-21(24)5/h8-12,19,23,25H,6-7,13-18H2,1-5H3,(H,29,35)(H,30,31). The highest BCUT2D eigenvalue weighted by Crippen LogP contribution is 2.39. The highest BCUT2D eigenvalue weighted by molar-refractivity contribution is 6.00. The van der Waals surface area contributed by atoms with Gasteiger partial charge in [0.25, 0.3) is 0 Å². The second-order valence-corrected chi connectivity index (χ2v) is 10.7. The Morgan fingerprint density at radius 1 is 1.11 bits per heavy atom. The van der Waals surface area contributed by atoms with Crippen LogP contribution in [0.1, 0.15) is 81.4 Å². The van der Waals surface area contributed by atoms with E-state index in [2.05, 4.69) is 79.3 Å². The van der Waals surface area contributed by atoms with Crippen LogP contribution in [0, 0.1) is 19.8 Å². The third-order valence-corrected chi connectivity index (χ3v) is 7.82. The smallest absolute Gasteiger partial charge is 0.246 e. The number of likely N-dealkylation sites (tertiary alicyclic amines) is 1. The predicted molar refractivity (Wildman–Crippen MR) is 138 cm³/mol. The molecule has 2 aliphatic heterocycles. The molecule has 2 saturated heterocycles. The fraction of sp³-hybridized carbons (Fsp3) is 0.607. The average Bonchev–Trinajstić information content (AvgIpc) is 3.17. The van der Waals surface area contributed by atoms with Gasteiger partial charge in [-0.3, -0.25) is 19.6 Å². The molecule has 0 saturated carbocycles. The van der Waals surface area contributed by atoms with Crippen LogP contribution in [0.15, 0.2) is 30.3 Å². The molecule has 1 aromatic heterocycles. The molecule has 2 amide bonds. The summed E-state index contributed by atoms with van der Waals surface area (Å²) < 4.78 is 0. The molecule has 2 N–H and O–H groups in total. The minimum absolute atomic E-state index is 0.0328. The second-order valence-electron chi connectivity index (χ2n) is 10.7. The van der Waals surface area contributed by atoms with Crippen molar-refractivity contribution < 1.29 is 9.59 Å². The topological polar surface area (TPSA) is 81.3 Å². The summed E-state index contributed by atoms with van der Waals surface area (Å²) in [5.74, 6) is 0.480. The highest BCUT2D eigenvalue weighted by Gasteiger charge is 2.53. The van der Waals surface area contributed by atoms with Crippen LogP contribution in [0.25, 0.3) is 0 Å². The largest absolute Gasteiger partial charge is 0.342 e. The highest BCUT2D eigenvalue weighted by atomic mass is 16.2. The summed E-state index contributed by atoms with van der Waals surface area (Å²) in [6.07, 6.45) is 3.88. The Hall–Kier alpha value is -2.67. The van der Waals surface area contributed by atoms with Crippen LogP contribution in [0.5, 0.6) is 0 Å². The van der Waals surface area contributed by atoms with Crippen molar-refractivity contribution in [2.24, 2.45) is 5.92 Å². The molecular weight excluding hydrogens is 438 g/mol. The first-order chi connectivity index (χ1) is 16.8. The molecule has 0 radical (unpaired) electrons. The zero-order valence-corrected chi connectivity index (χ0v) is 21.9. The molecule has 2 fully saturated rings. The molecule has 2 unspecified atom stereocenters. The van der Waals surface area contributed by atoms with Gasteiger partial charge in [-0.2, -0.15) is 5.10 Å². The molecular formula is C28H41N5O2. The SMILES string of the molecule is CCCCN1C(=O)C(CC(C)C)NC(=O)C12CCN(C(c1ccccc1)c1c(C)n[nH]c1C)CC2. The lowest BCUT2D eigenvalue weighted by atomic mass is 9.79. The van der Waals surface area contributed by atoms with E-state index >= 15 is 0 Å². The Kier molecular flexibility index (Phi) is 7.64. The molecule has 2 atom stereocenters. The van der Waals surface area contributed by atoms with Gasteiger partial charge in [-0.05, 0) is 51.0 Å². The molecule has 1 aromatic carbocycles. The van der Waals surface area contributed by atoms with Crippen molar-refractivity contribution in [3.63, 3.8) is 0 Å². The van der Waals surface area contributed by atoms with Gasteiger partial charge in [0.1, 0.15) is 11.6 Å². The Morgan fingerprint density at radius 2 is 1.80 bits per heavy atom. The number of hydrogen-bond acceptors (Lipinski definition) is 4. The number of piperidine rings is 1. The number of nitrogens with one attached hydrogen (secondary N) is 2. The zero-order valence-electron chi connectivity index (χ0n) is 21.9. The van der Waals surface area contributed by atoms with Gasteiger partial charge < -0.3 is 10.2 Å². The lowest BCUT2D eigenvalue weighted by Gasteiger charge is -2.52. The number of aryl methyl sites for hydroxylation is 2. The van der Waals surface area contributed by atoms with Gasteiger partial charge in [-0.15, -0.1) is 0 Å². The molecule has 35 heavy (non-hydrogen) atoms. The maximum absolute atomic E-state index is 13.6. The summed E-state index contributed by atoms with van der Waals surface area (Å²) in [5.41, 5.74) is 3.75. The number of rotatable bonds is 8. The number of benzene rings is 1. The van der Waals surface area contributed by atoms with E-state index in [4.69, 9.17) is 0 Å². The summed E-state index contributed by atoms with van der Waals surface area (Å²) in [7, 11) is 0. The summed E-state index contributed by atoms with van der Waals surface area (Å²) in [4.78, 5) is 31.6. The normalized spacial score (nSPS) is 21.5. The van der Waals surface area contributed by atoms with Gasteiger partial charge in [0.05, 0.1) is 11.7 Å². The molecule has 2 aliphatic rings. The number of aromatic amines is 1. The quantitative estimate of drug-likeness (QED) is 0.597. The van der Waals surface area contributed by atoms with Crippen molar-refractivity contribution in [2.45, 2.75) is 84.3 Å². The summed E-state index contributed by atoms with van der Waals surface area (Å²) in [5, 5.41) is 10.7. The Bertz CT molecular complexity index is 1000.